The summed E-state index contributed by atoms with van der Waals surface area (Å²) in [5.41, 5.74) is 0. The summed E-state index contributed by atoms with van der Waals surface area (Å²) in [5.74, 6) is 1.05. The number of rotatable bonds is 0. The van der Waals surface area contributed by atoms with Gasteiger partial charge in [0, 0.05) is 0 Å². The normalized spacial score (nSPS) is 18.9. The quantitative estimate of drug-likeness (QED) is 0.394. The van der Waals surface area contributed by atoms with Crippen LogP contribution in [0.3, 0.4) is 0 Å². The Balaban J connectivity index is 0.000000180. The zero-order chi connectivity index (χ0) is 7.98. The van der Waals surface area contributed by atoms with Crippen molar-refractivity contribution in [3.8, 4) is 0 Å². The third-order valence-corrected chi connectivity index (χ3v) is 1.64. The predicted octanol–water partition coefficient (Wildman–Crippen LogP) is 3.41. The van der Waals surface area contributed by atoms with Crippen molar-refractivity contribution >= 4 is 19.2 Å². The number of halogens is 1. The minimum Gasteiger partial charge on any atom is -0.172 e. The second-order valence-electron chi connectivity index (χ2n) is 3.40. The summed E-state index contributed by atoms with van der Waals surface area (Å²) in [6.07, 6.45) is 5.95. The lowest BCUT2D eigenvalue weighted by molar-refractivity contribution is 0.612. The molecule has 0 atom stereocenters. The van der Waals surface area contributed by atoms with Crippen molar-refractivity contribution in [1.82, 2.24) is 0 Å². The van der Waals surface area contributed by atoms with Gasteiger partial charge in [0.25, 0.3) is 0 Å². The molecule has 0 aromatic rings. The Kier molecular flexibility index (Phi) is 6.55. The highest BCUT2D eigenvalue weighted by atomic mass is 35.6. The Labute approximate surface area is 71.3 Å². The summed E-state index contributed by atoms with van der Waals surface area (Å²) in [6.45, 7) is 6.48. The zero-order valence-corrected chi connectivity index (χ0v) is 9.27. The molecule has 0 saturated heterocycles. The molecular weight excluding hydrogens is 160 g/mol. The van der Waals surface area contributed by atoms with Gasteiger partial charge in [-0.2, -0.15) is 11.1 Å². The minimum atomic E-state index is -0.667. The molecule has 1 aliphatic carbocycles. The molecule has 0 radical (unpaired) electrons. The van der Waals surface area contributed by atoms with Crippen molar-refractivity contribution in [1.29, 1.82) is 0 Å². The summed E-state index contributed by atoms with van der Waals surface area (Å²) >= 11 is 5.41. The largest absolute Gasteiger partial charge is 0.172 e. The monoisotopic (exact) mass is 178 g/mol. The maximum Gasteiger partial charge on any atom is 0.134 e. The van der Waals surface area contributed by atoms with E-state index in [4.69, 9.17) is 11.1 Å². The van der Waals surface area contributed by atoms with Crippen LogP contribution in [0.15, 0.2) is 0 Å². The lowest BCUT2D eigenvalue weighted by Crippen LogP contribution is -1.78. The highest BCUT2D eigenvalue weighted by molar-refractivity contribution is 7.05. The summed E-state index contributed by atoms with van der Waals surface area (Å²) in [7, 11) is -0.667. The molecule has 0 aromatic carbocycles. The van der Waals surface area contributed by atoms with Crippen LogP contribution in [0.5, 0.6) is 0 Å². The lowest BCUT2D eigenvalue weighted by atomic mass is 10.2. The van der Waals surface area contributed by atoms with Gasteiger partial charge in [-0.1, -0.05) is 45.7 Å². The molecule has 0 nitrogen and oxygen atoms in total. The van der Waals surface area contributed by atoms with E-state index < -0.39 is 8.11 Å². The van der Waals surface area contributed by atoms with Gasteiger partial charge in [-0.15, -0.1) is 0 Å². The van der Waals surface area contributed by atoms with Crippen molar-refractivity contribution in [2.24, 2.45) is 5.92 Å². The van der Waals surface area contributed by atoms with Gasteiger partial charge >= 0.3 is 0 Å². The van der Waals surface area contributed by atoms with Gasteiger partial charge in [0.15, 0.2) is 0 Å². The van der Waals surface area contributed by atoms with Crippen molar-refractivity contribution < 1.29 is 0 Å². The second-order valence-corrected chi connectivity index (χ2v) is 8.05. The van der Waals surface area contributed by atoms with Gasteiger partial charge in [-0.3, -0.25) is 0 Å². The van der Waals surface area contributed by atoms with E-state index in [1.165, 1.54) is 25.7 Å². The van der Waals surface area contributed by atoms with Gasteiger partial charge in [-0.25, -0.2) is 0 Å². The molecule has 0 aromatic heterocycles. The van der Waals surface area contributed by atoms with E-state index >= 15 is 0 Å². The van der Waals surface area contributed by atoms with Crippen LogP contribution in [0, 0.1) is 5.92 Å². The van der Waals surface area contributed by atoms with Crippen LogP contribution in [-0.4, -0.2) is 8.11 Å². The van der Waals surface area contributed by atoms with E-state index in [0.29, 0.717) is 0 Å². The summed E-state index contributed by atoms with van der Waals surface area (Å²) in [5, 5.41) is 0. The van der Waals surface area contributed by atoms with Crippen LogP contribution in [0.1, 0.15) is 32.6 Å². The van der Waals surface area contributed by atoms with Crippen molar-refractivity contribution in [3.63, 3.8) is 0 Å². The average molecular weight is 179 g/mol. The fourth-order valence-electron chi connectivity index (χ4n) is 1.13. The predicted molar refractivity (Wildman–Crippen MR) is 52.4 cm³/mol. The third kappa shape index (κ3) is 8.51. The Hall–Kier alpha value is 0.507. The molecule has 1 fully saturated rings. The van der Waals surface area contributed by atoms with E-state index in [9.17, 15) is 0 Å². The number of hydrogen-bond donors (Lipinski definition) is 0. The zero-order valence-electron chi connectivity index (χ0n) is 7.36. The molecule has 1 saturated carbocycles. The van der Waals surface area contributed by atoms with E-state index in [0.717, 1.165) is 5.92 Å². The maximum absolute atomic E-state index is 5.41. The highest BCUT2D eigenvalue weighted by Crippen LogP contribution is 2.22. The summed E-state index contributed by atoms with van der Waals surface area (Å²) in [6, 6.07) is 0. The standard InChI is InChI=1S/C6H12.C2H7ClSi/c1-6-4-2-3-5-6;1-4(2)3/h6H,2-5H2,1H3;4H,1-2H3. The highest BCUT2D eigenvalue weighted by Gasteiger charge is 2.07. The molecule has 0 unspecified atom stereocenters. The SMILES string of the molecule is CC1CCCC1.C[SiH](C)Cl. The molecule has 0 aliphatic heterocycles. The van der Waals surface area contributed by atoms with Crippen LogP contribution in [0.25, 0.3) is 0 Å². The molecule has 0 N–H and O–H groups in total. The van der Waals surface area contributed by atoms with Gasteiger partial charge < -0.3 is 0 Å². The molecule has 0 amide bonds. The van der Waals surface area contributed by atoms with Crippen molar-refractivity contribution in [2.75, 3.05) is 0 Å². The Bertz CT molecular complexity index is 64.9. The fraction of sp³-hybridized carbons (Fsp3) is 1.00. The van der Waals surface area contributed by atoms with Crippen molar-refractivity contribution in [2.45, 2.75) is 45.7 Å². The summed E-state index contributed by atoms with van der Waals surface area (Å²) < 4.78 is 0. The molecule has 0 heterocycles. The smallest absolute Gasteiger partial charge is 0.134 e. The Morgan fingerprint density at radius 2 is 1.50 bits per heavy atom. The van der Waals surface area contributed by atoms with Crippen molar-refractivity contribution in [3.05, 3.63) is 0 Å². The first-order valence-corrected chi connectivity index (χ1v) is 8.32. The Morgan fingerprint density at radius 3 is 1.60 bits per heavy atom. The van der Waals surface area contributed by atoms with Crippen LogP contribution in [0.2, 0.25) is 13.1 Å². The first-order valence-electron chi connectivity index (χ1n) is 4.27. The summed E-state index contributed by atoms with van der Waals surface area (Å²) in [4.78, 5) is 0. The fourth-order valence-corrected chi connectivity index (χ4v) is 1.13. The first-order chi connectivity index (χ1) is 4.63. The van der Waals surface area contributed by atoms with Crippen LogP contribution >= 0.6 is 11.1 Å². The first kappa shape index (κ1) is 10.5. The molecule has 0 bridgehead atoms. The third-order valence-electron chi connectivity index (χ3n) is 1.64. The molecule has 10 heavy (non-hydrogen) atoms. The van der Waals surface area contributed by atoms with Gasteiger partial charge in [0.05, 0.1) is 0 Å². The van der Waals surface area contributed by atoms with Crippen LogP contribution in [0.4, 0.5) is 0 Å². The van der Waals surface area contributed by atoms with E-state index in [1.807, 2.05) is 0 Å². The van der Waals surface area contributed by atoms with E-state index in [2.05, 4.69) is 20.0 Å². The van der Waals surface area contributed by atoms with Crippen LogP contribution in [-0.2, 0) is 0 Å². The molecular formula is C8H19ClSi. The van der Waals surface area contributed by atoms with Crippen LogP contribution < -0.4 is 0 Å². The van der Waals surface area contributed by atoms with E-state index in [-0.39, 0.29) is 0 Å². The molecule has 1 aliphatic rings. The Morgan fingerprint density at radius 1 is 1.20 bits per heavy atom. The molecule has 2 heteroatoms. The average Bonchev–Trinajstić information content (AvgIpc) is 2.15. The van der Waals surface area contributed by atoms with E-state index in [1.54, 1.807) is 0 Å². The maximum atomic E-state index is 5.41. The topological polar surface area (TPSA) is 0 Å². The van der Waals surface area contributed by atoms with Gasteiger partial charge in [0.2, 0.25) is 0 Å². The minimum absolute atomic E-state index is 0.667. The second kappa shape index (κ2) is 6.23. The van der Waals surface area contributed by atoms with Gasteiger partial charge in [0.1, 0.15) is 8.11 Å². The lowest BCUT2D eigenvalue weighted by Gasteiger charge is -1.91. The molecule has 62 valence electrons. The molecule has 1 rings (SSSR count). The number of hydrogen-bond acceptors (Lipinski definition) is 0. The van der Waals surface area contributed by atoms with Gasteiger partial charge in [-0.05, 0) is 5.92 Å². The molecule has 0 spiro atoms.